The Hall–Kier alpha value is -1.84. The Morgan fingerprint density at radius 3 is 2.52 bits per heavy atom. The summed E-state index contributed by atoms with van der Waals surface area (Å²) in [6.45, 7) is 3.73. The van der Waals surface area contributed by atoms with Crippen molar-refractivity contribution in [3.63, 3.8) is 0 Å². The number of amides is 2. The molecular weight excluding hydrogens is 264 g/mol. The van der Waals surface area contributed by atoms with Crippen LogP contribution in [0.3, 0.4) is 0 Å². The van der Waals surface area contributed by atoms with Crippen molar-refractivity contribution in [2.24, 2.45) is 11.1 Å². The molecule has 0 spiro atoms. The Morgan fingerprint density at radius 2 is 1.86 bits per heavy atom. The number of carbonyl (C=O) groups is 2. The lowest BCUT2D eigenvalue weighted by Gasteiger charge is -2.21. The second kappa shape index (κ2) is 6.29. The van der Waals surface area contributed by atoms with Gasteiger partial charge in [-0.3, -0.25) is 9.59 Å². The first-order chi connectivity index (χ1) is 9.88. The Kier molecular flexibility index (Phi) is 4.66. The Bertz CT molecular complexity index is 550. The van der Waals surface area contributed by atoms with Crippen LogP contribution in [0.25, 0.3) is 0 Å². The van der Waals surface area contributed by atoms with Crippen molar-refractivity contribution >= 4 is 11.8 Å². The van der Waals surface area contributed by atoms with Gasteiger partial charge in [0, 0.05) is 6.54 Å². The molecule has 1 aromatic carbocycles. The number of hydrogen-bond donors (Lipinski definition) is 2. The predicted octanol–water partition coefficient (Wildman–Crippen LogP) is 1.74. The predicted molar refractivity (Wildman–Crippen MR) is 82.8 cm³/mol. The largest absolute Gasteiger partial charge is 0.369 e. The second-order valence-corrected chi connectivity index (χ2v) is 6.51. The molecule has 0 atom stereocenters. The lowest BCUT2D eigenvalue weighted by molar-refractivity contribution is -0.126. The molecule has 0 saturated carbocycles. The van der Waals surface area contributed by atoms with E-state index in [1.54, 1.807) is 13.8 Å². The maximum absolute atomic E-state index is 12.0. The van der Waals surface area contributed by atoms with Crippen LogP contribution in [0.15, 0.2) is 18.2 Å². The van der Waals surface area contributed by atoms with Crippen LogP contribution in [-0.2, 0) is 28.9 Å². The van der Waals surface area contributed by atoms with Crippen molar-refractivity contribution in [2.75, 3.05) is 6.54 Å². The van der Waals surface area contributed by atoms with E-state index in [1.165, 1.54) is 24.0 Å². The number of nitrogens with one attached hydrogen (secondary N) is 1. The highest BCUT2D eigenvalue weighted by Crippen LogP contribution is 2.22. The Labute approximate surface area is 126 Å². The minimum Gasteiger partial charge on any atom is -0.369 e. The van der Waals surface area contributed by atoms with E-state index in [0.29, 0.717) is 6.42 Å². The quantitative estimate of drug-likeness (QED) is 0.866. The molecular formula is C17H24N2O2. The average Bonchev–Trinajstić information content (AvgIpc) is 2.45. The summed E-state index contributed by atoms with van der Waals surface area (Å²) < 4.78 is 0. The number of nitrogens with two attached hydrogens (primary N) is 1. The molecule has 2 amide bonds. The molecule has 4 heteroatoms. The number of benzene rings is 1. The summed E-state index contributed by atoms with van der Waals surface area (Å²) >= 11 is 0. The van der Waals surface area contributed by atoms with E-state index < -0.39 is 11.3 Å². The first-order valence-corrected chi connectivity index (χ1v) is 7.56. The van der Waals surface area contributed by atoms with Gasteiger partial charge in [-0.05, 0) is 56.2 Å². The van der Waals surface area contributed by atoms with Gasteiger partial charge in [-0.15, -0.1) is 0 Å². The van der Waals surface area contributed by atoms with Gasteiger partial charge >= 0.3 is 0 Å². The third-order valence-electron chi connectivity index (χ3n) is 4.17. The smallest absolute Gasteiger partial charge is 0.224 e. The molecule has 1 aliphatic carbocycles. The SMILES string of the molecule is CC(C)(CNC(=O)Cc1ccc2c(c1)CCCC2)C(N)=O. The monoisotopic (exact) mass is 288 g/mol. The number of fused-ring (bicyclic) bond motifs is 1. The highest BCUT2D eigenvalue weighted by atomic mass is 16.2. The minimum absolute atomic E-state index is 0.0694. The van der Waals surface area contributed by atoms with Crippen molar-refractivity contribution in [1.29, 1.82) is 0 Å². The van der Waals surface area contributed by atoms with Crippen LogP contribution in [0.1, 0.15) is 43.4 Å². The highest BCUT2D eigenvalue weighted by molar-refractivity contribution is 5.82. The van der Waals surface area contributed by atoms with Crippen LogP contribution in [0.4, 0.5) is 0 Å². The van der Waals surface area contributed by atoms with Crippen LogP contribution >= 0.6 is 0 Å². The van der Waals surface area contributed by atoms with Gasteiger partial charge in [0.15, 0.2) is 0 Å². The van der Waals surface area contributed by atoms with Crippen molar-refractivity contribution in [3.05, 3.63) is 34.9 Å². The number of carbonyl (C=O) groups excluding carboxylic acids is 2. The Balaban J connectivity index is 1.92. The van der Waals surface area contributed by atoms with Crippen molar-refractivity contribution in [1.82, 2.24) is 5.32 Å². The van der Waals surface area contributed by atoms with E-state index in [1.807, 2.05) is 6.07 Å². The van der Waals surface area contributed by atoms with Gasteiger partial charge in [-0.25, -0.2) is 0 Å². The summed E-state index contributed by atoms with van der Waals surface area (Å²) in [6.07, 6.45) is 5.10. The number of primary amides is 1. The first kappa shape index (κ1) is 15.5. The molecule has 2 rings (SSSR count). The lowest BCUT2D eigenvalue weighted by atomic mass is 9.90. The molecule has 0 unspecified atom stereocenters. The molecule has 0 bridgehead atoms. The van der Waals surface area contributed by atoms with E-state index in [-0.39, 0.29) is 12.5 Å². The molecule has 1 aromatic rings. The van der Waals surface area contributed by atoms with Gasteiger partial charge in [0.25, 0.3) is 0 Å². The fourth-order valence-corrected chi connectivity index (χ4v) is 2.55. The third-order valence-corrected chi connectivity index (χ3v) is 4.17. The van der Waals surface area contributed by atoms with Gasteiger partial charge in [0.1, 0.15) is 0 Å². The van der Waals surface area contributed by atoms with Gasteiger partial charge in [-0.2, -0.15) is 0 Å². The summed E-state index contributed by atoms with van der Waals surface area (Å²) in [4.78, 5) is 23.2. The second-order valence-electron chi connectivity index (χ2n) is 6.51. The van der Waals surface area contributed by atoms with Crippen molar-refractivity contribution in [3.8, 4) is 0 Å². The van der Waals surface area contributed by atoms with Gasteiger partial charge in [-0.1, -0.05) is 18.2 Å². The summed E-state index contributed by atoms with van der Waals surface area (Å²) in [5.74, 6) is -0.475. The van der Waals surface area contributed by atoms with E-state index in [2.05, 4.69) is 17.4 Å². The zero-order valence-electron chi connectivity index (χ0n) is 12.9. The van der Waals surface area contributed by atoms with E-state index >= 15 is 0 Å². The molecule has 0 saturated heterocycles. The zero-order valence-corrected chi connectivity index (χ0v) is 12.9. The maximum atomic E-state index is 12.0. The number of aryl methyl sites for hydroxylation is 2. The van der Waals surface area contributed by atoms with E-state index in [9.17, 15) is 9.59 Å². The van der Waals surface area contributed by atoms with Crippen LogP contribution in [0.5, 0.6) is 0 Å². The fraction of sp³-hybridized carbons (Fsp3) is 0.529. The molecule has 0 aliphatic heterocycles. The van der Waals surface area contributed by atoms with Crippen LogP contribution in [-0.4, -0.2) is 18.4 Å². The minimum atomic E-state index is -0.717. The van der Waals surface area contributed by atoms with Gasteiger partial charge in [0.05, 0.1) is 11.8 Å². The molecule has 0 heterocycles. The molecule has 3 N–H and O–H groups in total. The molecule has 114 valence electrons. The van der Waals surface area contributed by atoms with Crippen LogP contribution in [0, 0.1) is 5.41 Å². The summed E-state index contributed by atoms with van der Waals surface area (Å²) in [6, 6.07) is 6.32. The number of hydrogen-bond acceptors (Lipinski definition) is 2. The van der Waals surface area contributed by atoms with E-state index in [4.69, 9.17) is 5.73 Å². The standard InChI is InChI=1S/C17H24N2O2/c1-17(2,16(18)21)11-19-15(20)10-12-7-8-13-5-3-4-6-14(13)9-12/h7-9H,3-6,10-11H2,1-2H3,(H2,18,21)(H,19,20). The summed E-state index contributed by atoms with van der Waals surface area (Å²) in [7, 11) is 0. The first-order valence-electron chi connectivity index (χ1n) is 7.56. The van der Waals surface area contributed by atoms with Crippen molar-refractivity contribution in [2.45, 2.75) is 46.0 Å². The molecule has 0 aromatic heterocycles. The summed E-state index contributed by atoms with van der Waals surface area (Å²) in [5, 5.41) is 2.79. The Morgan fingerprint density at radius 1 is 1.19 bits per heavy atom. The van der Waals surface area contributed by atoms with E-state index in [0.717, 1.165) is 18.4 Å². The summed E-state index contributed by atoms with van der Waals surface area (Å²) in [5.41, 5.74) is 8.41. The molecule has 21 heavy (non-hydrogen) atoms. The topological polar surface area (TPSA) is 72.2 Å². The van der Waals surface area contributed by atoms with Gasteiger partial charge in [0.2, 0.25) is 11.8 Å². The van der Waals surface area contributed by atoms with Crippen molar-refractivity contribution < 1.29 is 9.59 Å². The fourth-order valence-electron chi connectivity index (χ4n) is 2.55. The van der Waals surface area contributed by atoms with Crippen LogP contribution in [0.2, 0.25) is 0 Å². The molecule has 0 fully saturated rings. The zero-order chi connectivity index (χ0) is 15.5. The normalized spacial score (nSPS) is 14.4. The van der Waals surface area contributed by atoms with Gasteiger partial charge < -0.3 is 11.1 Å². The maximum Gasteiger partial charge on any atom is 0.224 e. The lowest BCUT2D eigenvalue weighted by Crippen LogP contribution is -2.42. The molecule has 4 nitrogen and oxygen atoms in total. The van der Waals surface area contributed by atoms with Crippen LogP contribution < -0.4 is 11.1 Å². The number of rotatable bonds is 5. The third kappa shape index (κ3) is 4.06. The highest BCUT2D eigenvalue weighted by Gasteiger charge is 2.25. The molecule has 1 aliphatic rings. The average molecular weight is 288 g/mol. The molecule has 0 radical (unpaired) electrons.